The van der Waals surface area contributed by atoms with Crippen molar-refractivity contribution in [3.8, 4) is 17.1 Å². The molecule has 2 aromatic carbocycles. The number of aromatic nitrogens is 2. The second-order valence-electron chi connectivity index (χ2n) is 7.09. The number of para-hydroxylation sites is 2. The Morgan fingerprint density at radius 2 is 1.85 bits per heavy atom. The van der Waals surface area contributed by atoms with Gasteiger partial charge in [0, 0.05) is 5.56 Å². The van der Waals surface area contributed by atoms with Crippen LogP contribution in [0, 0.1) is 0 Å². The van der Waals surface area contributed by atoms with Crippen LogP contribution in [0.4, 0.5) is 0 Å². The fourth-order valence-electron chi connectivity index (χ4n) is 3.63. The van der Waals surface area contributed by atoms with E-state index in [0.717, 1.165) is 41.2 Å². The molecule has 1 N–H and O–H groups in total. The molecule has 4 rings (SSSR count). The van der Waals surface area contributed by atoms with Crippen molar-refractivity contribution in [1.82, 2.24) is 14.9 Å². The third-order valence-electron chi connectivity index (χ3n) is 5.08. The van der Waals surface area contributed by atoms with Crippen molar-refractivity contribution in [1.29, 1.82) is 0 Å². The molecule has 0 saturated carbocycles. The highest BCUT2D eigenvalue weighted by Gasteiger charge is 2.09. The zero-order valence-electron chi connectivity index (χ0n) is 15.3. The number of fused-ring (bicyclic) bond motifs is 1. The molecule has 136 valence electrons. The van der Waals surface area contributed by atoms with E-state index in [0.29, 0.717) is 0 Å². The number of benzene rings is 2. The van der Waals surface area contributed by atoms with Gasteiger partial charge in [0.2, 0.25) is 0 Å². The van der Waals surface area contributed by atoms with Gasteiger partial charge in [0.05, 0.1) is 17.6 Å². The van der Waals surface area contributed by atoms with E-state index in [-0.39, 0.29) is 0 Å². The van der Waals surface area contributed by atoms with E-state index in [2.05, 4.69) is 33.1 Å². The van der Waals surface area contributed by atoms with E-state index >= 15 is 0 Å². The average Bonchev–Trinajstić information content (AvgIpc) is 3.13. The normalized spacial score (nSPS) is 15.4. The highest BCUT2D eigenvalue weighted by atomic mass is 16.5. The molecule has 1 fully saturated rings. The van der Waals surface area contributed by atoms with E-state index in [1.807, 2.05) is 30.3 Å². The number of hydrogen-bond acceptors (Lipinski definition) is 3. The number of likely N-dealkylation sites (tertiary alicyclic amines) is 1. The highest BCUT2D eigenvalue weighted by molar-refractivity contribution is 5.79. The maximum atomic E-state index is 5.97. The minimum atomic E-state index is 0.775. The summed E-state index contributed by atoms with van der Waals surface area (Å²) in [6, 6.07) is 16.3. The first-order valence-corrected chi connectivity index (χ1v) is 9.79. The van der Waals surface area contributed by atoms with Gasteiger partial charge in [-0.1, -0.05) is 30.7 Å². The molecule has 0 bridgehead atoms. The minimum Gasteiger partial charge on any atom is -0.494 e. The smallest absolute Gasteiger partial charge is 0.138 e. The van der Waals surface area contributed by atoms with Crippen molar-refractivity contribution >= 4 is 11.0 Å². The van der Waals surface area contributed by atoms with Gasteiger partial charge in [-0.3, -0.25) is 0 Å². The van der Waals surface area contributed by atoms with Gasteiger partial charge < -0.3 is 14.6 Å². The molecule has 1 aliphatic rings. The number of ether oxygens (including phenoxy) is 1. The number of aromatic amines is 1. The van der Waals surface area contributed by atoms with E-state index in [1.54, 1.807) is 0 Å². The fourth-order valence-corrected chi connectivity index (χ4v) is 3.63. The van der Waals surface area contributed by atoms with Gasteiger partial charge in [-0.15, -0.1) is 0 Å². The number of H-pyrrole nitrogens is 1. The molecular weight excluding hydrogens is 322 g/mol. The molecule has 1 aliphatic heterocycles. The van der Waals surface area contributed by atoms with Crippen molar-refractivity contribution in [2.45, 2.75) is 32.1 Å². The number of piperidine rings is 1. The lowest BCUT2D eigenvalue weighted by Crippen LogP contribution is -2.30. The lowest BCUT2D eigenvalue weighted by Gasteiger charge is -2.26. The van der Waals surface area contributed by atoms with Crippen LogP contribution in [0.5, 0.6) is 5.75 Å². The van der Waals surface area contributed by atoms with E-state index in [1.165, 1.54) is 45.3 Å². The molecule has 4 nitrogen and oxygen atoms in total. The van der Waals surface area contributed by atoms with Gasteiger partial charge in [0.15, 0.2) is 0 Å². The van der Waals surface area contributed by atoms with Crippen molar-refractivity contribution in [3.05, 3.63) is 48.5 Å². The maximum absolute atomic E-state index is 5.97. The third kappa shape index (κ3) is 4.25. The lowest BCUT2D eigenvalue weighted by atomic mass is 10.1. The Hall–Kier alpha value is -2.33. The number of rotatable bonds is 7. The molecule has 26 heavy (non-hydrogen) atoms. The third-order valence-corrected chi connectivity index (χ3v) is 5.08. The summed E-state index contributed by atoms with van der Waals surface area (Å²) in [7, 11) is 0. The first-order chi connectivity index (χ1) is 12.9. The van der Waals surface area contributed by atoms with Crippen LogP contribution in [0.3, 0.4) is 0 Å². The Morgan fingerprint density at radius 1 is 0.962 bits per heavy atom. The van der Waals surface area contributed by atoms with Gasteiger partial charge in [-0.2, -0.15) is 0 Å². The number of unbranched alkanes of at least 4 members (excludes halogenated alkanes) is 1. The monoisotopic (exact) mass is 349 g/mol. The zero-order chi connectivity index (χ0) is 17.6. The molecule has 4 heteroatoms. The van der Waals surface area contributed by atoms with Crippen molar-refractivity contribution in [2.24, 2.45) is 0 Å². The van der Waals surface area contributed by atoms with Gasteiger partial charge >= 0.3 is 0 Å². The average molecular weight is 349 g/mol. The van der Waals surface area contributed by atoms with Crippen LogP contribution in [0.15, 0.2) is 48.5 Å². The molecule has 2 heterocycles. The van der Waals surface area contributed by atoms with Crippen LogP contribution in [-0.4, -0.2) is 41.1 Å². The second kappa shape index (κ2) is 8.37. The van der Waals surface area contributed by atoms with E-state index < -0.39 is 0 Å². The molecule has 1 saturated heterocycles. The molecule has 1 aromatic heterocycles. The van der Waals surface area contributed by atoms with Gasteiger partial charge in [-0.05, 0) is 69.6 Å². The van der Waals surface area contributed by atoms with E-state index in [4.69, 9.17) is 4.74 Å². The van der Waals surface area contributed by atoms with Crippen LogP contribution < -0.4 is 4.74 Å². The summed E-state index contributed by atoms with van der Waals surface area (Å²) < 4.78 is 5.97. The summed E-state index contributed by atoms with van der Waals surface area (Å²) in [5, 5.41) is 0. The van der Waals surface area contributed by atoms with Crippen LogP contribution in [0.2, 0.25) is 0 Å². The number of imidazole rings is 1. The quantitative estimate of drug-likeness (QED) is 0.618. The van der Waals surface area contributed by atoms with Crippen molar-refractivity contribution in [2.75, 3.05) is 26.2 Å². The van der Waals surface area contributed by atoms with Crippen LogP contribution in [-0.2, 0) is 0 Å². The summed E-state index contributed by atoms with van der Waals surface area (Å²) in [5.41, 5.74) is 3.12. The number of nitrogens with zero attached hydrogens (tertiary/aromatic N) is 2. The Bertz CT molecular complexity index is 803. The summed E-state index contributed by atoms with van der Waals surface area (Å²) in [5.74, 6) is 1.81. The predicted octanol–water partition coefficient (Wildman–Crippen LogP) is 4.87. The van der Waals surface area contributed by atoms with E-state index in [9.17, 15) is 0 Å². The maximum Gasteiger partial charge on any atom is 0.138 e. The van der Waals surface area contributed by atoms with Gasteiger partial charge in [0.25, 0.3) is 0 Å². The largest absolute Gasteiger partial charge is 0.494 e. The molecule has 3 aromatic rings. The lowest BCUT2D eigenvalue weighted by molar-refractivity contribution is 0.216. The molecule has 0 unspecified atom stereocenters. The Kier molecular flexibility index (Phi) is 5.50. The summed E-state index contributed by atoms with van der Waals surface area (Å²) in [6.45, 7) is 4.54. The molecule has 0 aliphatic carbocycles. The van der Waals surface area contributed by atoms with Crippen LogP contribution >= 0.6 is 0 Å². The molecule has 0 amide bonds. The number of hydrogen-bond donors (Lipinski definition) is 1. The Labute approximate surface area is 155 Å². The van der Waals surface area contributed by atoms with Crippen LogP contribution in [0.25, 0.3) is 22.4 Å². The topological polar surface area (TPSA) is 41.1 Å². The second-order valence-corrected chi connectivity index (χ2v) is 7.09. The van der Waals surface area contributed by atoms with Crippen molar-refractivity contribution in [3.63, 3.8) is 0 Å². The van der Waals surface area contributed by atoms with Crippen molar-refractivity contribution < 1.29 is 4.74 Å². The molecule has 0 radical (unpaired) electrons. The fraction of sp³-hybridized carbons (Fsp3) is 0.409. The minimum absolute atomic E-state index is 0.775. The van der Waals surface area contributed by atoms with Gasteiger partial charge in [0.1, 0.15) is 11.6 Å². The first-order valence-electron chi connectivity index (χ1n) is 9.79. The Balaban J connectivity index is 1.30. The molecule has 0 spiro atoms. The summed E-state index contributed by atoms with van der Waals surface area (Å²) >= 11 is 0. The number of nitrogens with one attached hydrogen (secondary N) is 1. The SMILES string of the molecule is c1cc(OCCCCN2CCCCC2)cc(-c2nc3ccccc3[nH]2)c1. The standard InChI is InChI=1S/C22H27N3O/c1-4-13-25(14-5-1)15-6-7-16-26-19-10-8-9-18(17-19)22-23-20-11-2-3-12-21(20)24-22/h2-3,8-12,17H,1,4-7,13-16H2,(H,23,24). The van der Waals surface area contributed by atoms with Gasteiger partial charge in [-0.25, -0.2) is 4.98 Å². The van der Waals surface area contributed by atoms with Crippen LogP contribution in [0.1, 0.15) is 32.1 Å². The first kappa shape index (κ1) is 17.1. The highest BCUT2D eigenvalue weighted by Crippen LogP contribution is 2.24. The molecule has 0 atom stereocenters. The predicted molar refractivity (Wildman–Crippen MR) is 107 cm³/mol. The summed E-state index contributed by atoms with van der Waals surface area (Å²) in [4.78, 5) is 10.6. The zero-order valence-corrected chi connectivity index (χ0v) is 15.3. The Morgan fingerprint density at radius 3 is 2.73 bits per heavy atom. The molecular formula is C22H27N3O. The summed E-state index contributed by atoms with van der Waals surface area (Å²) in [6.07, 6.45) is 6.45.